The quantitative estimate of drug-likeness (QED) is 0.656. The number of nitrogens with two attached hydrogens (primary N) is 1. The van der Waals surface area contributed by atoms with E-state index in [1.807, 2.05) is 0 Å². The lowest BCUT2D eigenvalue weighted by Crippen LogP contribution is -2.18. The second kappa shape index (κ2) is 3.80. The Labute approximate surface area is 76.7 Å². The molecular formula is C9H12N2O2. The highest BCUT2D eigenvalue weighted by atomic mass is 16.5. The van der Waals surface area contributed by atoms with Crippen molar-refractivity contribution in [1.29, 1.82) is 0 Å². The van der Waals surface area contributed by atoms with Crippen molar-refractivity contribution in [2.45, 2.75) is 0 Å². The van der Waals surface area contributed by atoms with Gasteiger partial charge in [-0.05, 0) is 18.2 Å². The number of amides is 1. The maximum absolute atomic E-state index is 11.3. The number of anilines is 1. The number of methoxy groups -OCH3 is 1. The summed E-state index contributed by atoms with van der Waals surface area (Å²) in [7, 11) is 3.07. The molecule has 0 bridgehead atoms. The van der Waals surface area contributed by atoms with Gasteiger partial charge in [0.2, 0.25) is 0 Å². The second-order valence-electron chi connectivity index (χ2n) is 2.54. The third-order valence-corrected chi connectivity index (χ3v) is 1.70. The van der Waals surface area contributed by atoms with Crippen LogP contribution in [0.25, 0.3) is 0 Å². The van der Waals surface area contributed by atoms with Gasteiger partial charge in [0.1, 0.15) is 5.75 Å². The Kier molecular flexibility index (Phi) is 2.74. The summed E-state index contributed by atoms with van der Waals surface area (Å²) in [4.78, 5) is 11.3. The molecule has 0 aliphatic heterocycles. The first kappa shape index (κ1) is 9.38. The van der Waals surface area contributed by atoms with E-state index in [0.717, 1.165) is 0 Å². The number of benzene rings is 1. The Bertz CT molecular complexity index is 323. The van der Waals surface area contributed by atoms with Gasteiger partial charge in [-0.1, -0.05) is 0 Å². The standard InChI is InChI=1S/C9H12N2O2/c1-11-9(12)7-5-6(10)3-4-8(7)13-2/h3-5H,10H2,1-2H3,(H,11,12). The van der Waals surface area contributed by atoms with Crippen LogP contribution in [-0.4, -0.2) is 20.1 Å². The van der Waals surface area contributed by atoms with E-state index in [-0.39, 0.29) is 5.91 Å². The van der Waals surface area contributed by atoms with Crippen LogP contribution in [0.5, 0.6) is 5.75 Å². The lowest BCUT2D eigenvalue weighted by Gasteiger charge is -2.07. The number of ether oxygens (including phenoxy) is 1. The SMILES string of the molecule is CNC(=O)c1cc(N)ccc1OC. The van der Waals surface area contributed by atoms with Gasteiger partial charge in [-0.15, -0.1) is 0 Å². The lowest BCUT2D eigenvalue weighted by atomic mass is 10.1. The molecule has 0 radical (unpaired) electrons. The number of rotatable bonds is 2. The molecule has 0 saturated carbocycles. The van der Waals surface area contributed by atoms with Gasteiger partial charge in [0.05, 0.1) is 12.7 Å². The molecule has 1 amide bonds. The number of carbonyl (C=O) groups is 1. The number of hydrogen-bond acceptors (Lipinski definition) is 3. The van der Waals surface area contributed by atoms with Crippen LogP contribution in [0.15, 0.2) is 18.2 Å². The smallest absolute Gasteiger partial charge is 0.254 e. The minimum atomic E-state index is -0.204. The van der Waals surface area contributed by atoms with Gasteiger partial charge in [0, 0.05) is 12.7 Å². The van der Waals surface area contributed by atoms with Crippen LogP contribution in [0.4, 0.5) is 5.69 Å². The third-order valence-electron chi connectivity index (χ3n) is 1.70. The molecule has 0 aliphatic carbocycles. The van der Waals surface area contributed by atoms with Gasteiger partial charge in [0.25, 0.3) is 5.91 Å². The number of carbonyl (C=O) groups excluding carboxylic acids is 1. The van der Waals surface area contributed by atoms with Crippen LogP contribution in [0.1, 0.15) is 10.4 Å². The summed E-state index contributed by atoms with van der Waals surface area (Å²) in [5.74, 6) is 0.317. The molecule has 4 heteroatoms. The zero-order valence-corrected chi connectivity index (χ0v) is 7.63. The van der Waals surface area contributed by atoms with Crippen molar-refractivity contribution < 1.29 is 9.53 Å². The highest BCUT2D eigenvalue weighted by Gasteiger charge is 2.09. The summed E-state index contributed by atoms with van der Waals surface area (Å²) in [6.45, 7) is 0. The Balaban J connectivity index is 3.15. The maximum atomic E-state index is 11.3. The zero-order chi connectivity index (χ0) is 9.84. The van der Waals surface area contributed by atoms with Gasteiger partial charge < -0.3 is 15.8 Å². The van der Waals surface area contributed by atoms with E-state index in [9.17, 15) is 4.79 Å². The van der Waals surface area contributed by atoms with Crippen LogP contribution in [0, 0.1) is 0 Å². The molecule has 13 heavy (non-hydrogen) atoms. The Hall–Kier alpha value is -1.71. The molecular weight excluding hydrogens is 168 g/mol. The Morgan fingerprint density at radius 2 is 2.23 bits per heavy atom. The van der Waals surface area contributed by atoms with Crippen LogP contribution >= 0.6 is 0 Å². The summed E-state index contributed by atoms with van der Waals surface area (Å²) in [5, 5.41) is 2.51. The minimum absolute atomic E-state index is 0.204. The molecule has 3 N–H and O–H groups in total. The first-order valence-corrected chi connectivity index (χ1v) is 3.84. The zero-order valence-electron chi connectivity index (χ0n) is 7.63. The van der Waals surface area contributed by atoms with E-state index >= 15 is 0 Å². The predicted octanol–water partition coefficient (Wildman–Crippen LogP) is 0.637. The monoisotopic (exact) mass is 180 g/mol. The molecule has 0 saturated heterocycles. The summed E-state index contributed by atoms with van der Waals surface area (Å²) in [5.41, 5.74) is 6.53. The van der Waals surface area contributed by atoms with Gasteiger partial charge >= 0.3 is 0 Å². The Morgan fingerprint density at radius 1 is 1.54 bits per heavy atom. The number of nitrogen functional groups attached to an aromatic ring is 1. The van der Waals surface area contributed by atoms with Crippen molar-refractivity contribution in [2.75, 3.05) is 19.9 Å². The predicted molar refractivity (Wildman–Crippen MR) is 50.8 cm³/mol. The molecule has 0 heterocycles. The summed E-state index contributed by atoms with van der Waals surface area (Å²) in [6, 6.07) is 4.93. The highest BCUT2D eigenvalue weighted by molar-refractivity contribution is 5.97. The second-order valence-corrected chi connectivity index (χ2v) is 2.54. The summed E-state index contributed by atoms with van der Waals surface area (Å²) >= 11 is 0. The third kappa shape index (κ3) is 1.90. The average Bonchev–Trinajstić information content (AvgIpc) is 2.16. The van der Waals surface area contributed by atoms with Gasteiger partial charge in [-0.3, -0.25) is 4.79 Å². The van der Waals surface area contributed by atoms with Gasteiger partial charge in [-0.25, -0.2) is 0 Å². The molecule has 0 aliphatic rings. The van der Waals surface area contributed by atoms with Crippen molar-refractivity contribution in [3.8, 4) is 5.75 Å². The molecule has 4 nitrogen and oxygen atoms in total. The first-order chi connectivity index (χ1) is 6.19. The maximum Gasteiger partial charge on any atom is 0.254 e. The number of nitrogens with one attached hydrogen (secondary N) is 1. The molecule has 0 atom stereocenters. The topological polar surface area (TPSA) is 64.4 Å². The fraction of sp³-hybridized carbons (Fsp3) is 0.222. The van der Waals surface area contributed by atoms with Crippen LogP contribution < -0.4 is 15.8 Å². The molecule has 1 aromatic carbocycles. The van der Waals surface area contributed by atoms with E-state index in [4.69, 9.17) is 10.5 Å². The molecule has 70 valence electrons. The van der Waals surface area contributed by atoms with Crippen molar-refractivity contribution in [3.05, 3.63) is 23.8 Å². The fourth-order valence-corrected chi connectivity index (χ4v) is 1.04. The normalized spacial score (nSPS) is 9.38. The van der Waals surface area contributed by atoms with Gasteiger partial charge in [-0.2, -0.15) is 0 Å². The molecule has 0 aromatic heterocycles. The van der Waals surface area contributed by atoms with Crippen LogP contribution in [0.3, 0.4) is 0 Å². The van der Waals surface area contributed by atoms with Crippen molar-refractivity contribution in [3.63, 3.8) is 0 Å². The number of hydrogen-bond donors (Lipinski definition) is 2. The molecule has 1 rings (SSSR count). The van der Waals surface area contributed by atoms with Crippen LogP contribution in [-0.2, 0) is 0 Å². The average molecular weight is 180 g/mol. The van der Waals surface area contributed by atoms with Crippen molar-refractivity contribution in [1.82, 2.24) is 5.32 Å². The first-order valence-electron chi connectivity index (χ1n) is 3.84. The van der Waals surface area contributed by atoms with E-state index in [1.54, 1.807) is 25.2 Å². The van der Waals surface area contributed by atoms with E-state index in [1.165, 1.54) is 7.11 Å². The van der Waals surface area contributed by atoms with Gasteiger partial charge in [0.15, 0.2) is 0 Å². The molecule has 1 aromatic rings. The molecule has 0 spiro atoms. The van der Waals surface area contributed by atoms with Crippen molar-refractivity contribution in [2.24, 2.45) is 0 Å². The molecule has 0 unspecified atom stereocenters. The van der Waals surface area contributed by atoms with Crippen molar-refractivity contribution >= 4 is 11.6 Å². The largest absolute Gasteiger partial charge is 0.496 e. The Morgan fingerprint density at radius 3 is 2.77 bits per heavy atom. The fourth-order valence-electron chi connectivity index (χ4n) is 1.04. The van der Waals surface area contributed by atoms with E-state index in [2.05, 4.69) is 5.32 Å². The van der Waals surface area contributed by atoms with Crippen LogP contribution in [0.2, 0.25) is 0 Å². The van der Waals surface area contributed by atoms with E-state index in [0.29, 0.717) is 17.0 Å². The lowest BCUT2D eigenvalue weighted by molar-refractivity contribution is 0.0960. The van der Waals surface area contributed by atoms with E-state index < -0.39 is 0 Å². The highest BCUT2D eigenvalue weighted by Crippen LogP contribution is 2.20. The summed E-state index contributed by atoms with van der Waals surface area (Å²) in [6.07, 6.45) is 0. The minimum Gasteiger partial charge on any atom is -0.496 e. The molecule has 0 fully saturated rings. The summed E-state index contributed by atoms with van der Waals surface area (Å²) < 4.78 is 5.01.